The molecule has 1 aliphatic rings. The number of methoxy groups -OCH3 is 1. The fraction of sp³-hybridized carbons (Fsp3) is 0.500. The van der Waals surface area contributed by atoms with Crippen LogP contribution in [-0.2, 0) is 0 Å². The van der Waals surface area contributed by atoms with E-state index in [2.05, 4.69) is 16.3 Å². The van der Waals surface area contributed by atoms with Crippen LogP contribution in [0.3, 0.4) is 0 Å². The molecule has 5 nitrogen and oxygen atoms in total. The highest BCUT2D eigenvalue weighted by Gasteiger charge is 2.22. The number of piperazine rings is 1. The fourth-order valence-corrected chi connectivity index (χ4v) is 2.43. The molecule has 0 spiro atoms. The standard InChI is InChI=1S/C14H19N3O2/c1-10(17-5-3-16-4-6-17)12-7-11(9-15)8-13(19-2)14(12)18/h7-8,10,16,18H,3-6H2,1-2H3/t10-/m0/s1. The van der Waals surface area contributed by atoms with Crippen LogP contribution in [-0.4, -0.2) is 43.3 Å². The van der Waals surface area contributed by atoms with E-state index in [9.17, 15) is 5.11 Å². The van der Waals surface area contributed by atoms with Gasteiger partial charge in [0.1, 0.15) is 0 Å². The second kappa shape index (κ2) is 5.91. The Labute approximate surface area is 113 Å². The molecule has 0 bridgehead atoms. The zero-order valence-electron chi connectivity index (χ0n) is 11.3. The minimum atomic E-state index is 0.0595. The van der Waals surface area contributed by atoms with Crippen molar-refractivity contribution in [2.75, 3.05) is 33.3 Å². The fourth-order valence-electron chi connectivity index (χ4n) is 2.43. The van der Waals surface area contributed by atoms with Gasteiger partial charge in [0, 0.05) is 43.9 Å². The lowest BCUT2D eigenvalue weighted by atomic mass is 10.0. The Bertz CT molecular complexity index is 490. The summed E-state index contributed by atoms with van der Waals surface area (Å²) < 4.78 is 5.13. The Kier molecular flexibility index (Phi) is 4.25. The Morgan fingerprint density at radius 1 is 1.42 bits per heavy atom. The van der Waals surface area contributed by atoms with Crippen molar-refractivity contribution < 1.29 is 9.84 Å². The van der Waals surface area contributed by atoms with Crippen LogP contribution in [0, 0.1) is 11.3 Å². The average Bonchev–Trinajstić information content (AvgIpc) is 2.47. The largest absolute Gasteiger partial charge is 0.504 e. The summed E-state index contributed by atoms with van der Waals surface area (Å²) in [5.41, 5.74) is 1.25. The predicted molar refractivity (Wildman–Crippen MR) is 72.2 cm³/mol. The van der Waals surface area contributed by atoms with Crippen molar-refractivity contribution in [3.63, 3.8) is 0 Å². The minimum Gasteiger partial charge on any atom is -0.504 e. The molecule has 5 heteroatoms. The summed E-state index contributed by atoms with van der Waals surface area (Å²) in [6.07, 6.45) is 0. The van der Waals surface area contributed by atoms with Crippen LogP contribution in [0.1, 0.15) is 24.1 Å². The van der Waals surface area contributed by atoms with Crippen LogP contribution in [0.2, 0.25) is 0 Å². The number of benzene rings is 1. The molecule has 1 aromatic carbocycles. The zero-order valence-corrected chi connectivity index (χ0v) is 11.3. The second-order valence-electron chi connectivity index (χ2n) is 4.69. The van der Waals surface area contributed by atoms with Gasteiger partial charge in [0.25, 0.3) is 0 Å². The number of phenolic OH excluding ortho intramolecular Hbond substituents is 1. The molecule has 0 saturated carbocycles. The van der Waals surface area contributed by atoms with Gasteiger partial charge in [-0.15, -0.1) is 0 Å². The molecule has 102 valence electrons. The van der Waals surface area contributed by atoms with Gasteiger partial charge >= 0.3 is 0 Å². The van der Waals surface area contributed by atoms with E-state index in [0.29, 0.717) is 11.3 Å². The Balaban J connectivity index is 2.34. The molecule has 1 heterocycles. The van der Waals surface area contributed by atoms with Gasteiger partial charge in [0.15, 0.2) is 11.5 Å². The Morgan fingerprint density at radius 3 is 2.68 bits per heavy atom. The van der Waals surface area contributed by atoms with Gasteiger partial charge in [0.05, 0.1) is 18.7 Å². The Hall–Kier alpha value is -1.77. The maximum Gasteiger partial charge on any atom is 0.162 e. The van der Waals surface area contributed by atoms with E-state index in [-0.39, 0.29) is 11.8 Å². The molecule has 1 fully saturated rings. The number of ether oxygens (including phenoxy) is 1. The number of phenols is 1. The van der Waals surface area contributed by atoms with Crippen molar-refractivity contribution in [2.45, 2.75) is 13.0 Å². The summed E-state index contributed by atoms with van der Waals surface area (Å²) in [7, 11) is 1.50. The number of hydrogen-bond donors (Lipinski definition) is 2. The van der Waals surface area contributed by atoms with E-state index in [0.717, 1.165) is 31.7 Å². The van der Waals surface area contributed by atoms with Crippen molar-refractivity contribution in [3.8, 4) is 17.6 Å². The van der Waals surface area contributed by atoms with E-state index < -0.39 is 0 Å². The first-order valence-corrected chi connectivity index (χ1v) is 6.43. The molecular formula is C14H19N3O2. The summed E-state index contributed by atoms with van der Waals surface area (Å²) in [6.45, 7) is 5.79. The van der Waals surface area contributed by atoms with Crippen molar-refractivity contribution in [2.24, 2.45) is 0 Å². The molecule has 1 saturated heterocycles. The molecule has 19 heavy (non-hydrogen) atoms. The molecule has 1 atom stereocenters. The summed E-state index contributed by atoms with van der Waals surface area (Å²) >= 11 is 0. The van der Waals surface area contributed by atoms with Gasteiger partial charge in [0.2, 0.25) is 0 Å². The van der Waals surface area contributed by atoms with Gasteiger partial charge in [-0.05, 0) is 13.0 Å². The van der Waals surface area contributed by atoms with Gasteiger partial charge < -0.3 is 15.2 Å². The zero-order chi connectivity index (χ0) is 13.8. The van der Waals surface area contributed by atoms with Gasteiger partial charge in [-0.25, -0.2) is 0 Å². The van der Waals surface area contributed by atoms with Crippen LogP contribution in [0.25, 0.3) is 0 Å². The van der Waals surface area contributed by atoms with Crippen LogP contribution in [0.5, 0.6) is 11.5 Å². The predicted octanol–water partition coefficient (Wildman–Crippen LogP) is 1.24. The SMILES string of the molecule is COc1cc(C#N)cc([C@H](C)N2CCNCC2)c1O. The first-order valence-electron chi connectivity index (χ1n) is 6.43. The molecule has 0 radical (unpaired) electrons. The maximum absolute atomic E-state index is 10.2. The van der Waals surface area contributed by atoms with E-state index in [1.807, 2.05) is 6.92 Å². The molecule has 0 unspecified atom stereocenters. The lowest BCUT2D eigenvalue weighted by Gasteiger charge is -2.33. The number of nitrogens with one attached hydrogen (secondary N) is 1. The van der Waals surface area contributed by atoms with E-state index in [1.54, 1.807) is 12.1 Å². The van der Waals surface area contributed by atoms with Crippen LogP contribution in [0.4, 0.5) is 0 Å². The topological polar surface area (TPSA) is 68.5 Å². The third-order valence-corrected chi connectivity index (χ3v) is 3.60. The molecule has 0 aromatic heterocycles. The lowest BCUT2D eigenvalue weighted by molar-refractivity contribution is 0.182. The molecule has 1 aliphatic heterocycles. The van der Waals surface area contributed by atoms with Crippen LogP contribution < -0.4 is 10.1 Å². The van der Waals surface area contributed by atoms with Crippen molar-refractivity contribution in [3.05, 3.63) is 23.3 Å². The van der Waals surface area contributed by atoms with Crippen LogP contribution in [0.15, 0.2) is 12.1 Å². The van der Waals surface area contributed by atoms with Crippen LogP contribution >= 0.6 is 0 Å². The molecule has 2 rings (SSSR count). The molecular weight excluding hydrogens is 242 g/mol. The van der Waals surface area contributed by atoms with Gasteiger partial charge in [-0.2, -0.15) is 5.26 Å². The molecule has 0 aliphatic carbocycles. The monoisotopic (exact) mass is 261 g/mol. The first-order chi connectivity index (χ1) is 9.17. The third kappa shape index (κ3) is 2.80. The van der Waals surface area contributed by atoms with Gasteiger partial charge in [-0.1, -0.05) is 0 Å². The highest BCUT2D eigenvalue weighted by Crippen LogP contribution is 2.37. The number of aromatic hydroxyl groups is 1. The van der Waals surface area contributed by atoms with Crippen molar-refractivity contribution in [1.82, 2.24) is 10.2 Å². The van der Waals surface area contributed by atoms with E-state index >= 15 is 0 Å². The Morgan fingerprint density at radius 2 is 2.11 bits per heavy atom. The highest BCUT2D eigenvalue weighted by molar-refractivity contribution is 5.52. The van der Waals surface area contributed by atoms with E-state index in [4.69, 9.17) is 10.00 Å². The summed E-state index contributed by atoms with van der Waals surface area (Å²) in [5.74, 6) is 0.489. The lowest BCUT2D eigenvalue weighted by Crippen LogP contribution is -2.44. The average molecular weight is 261 g/mol. The van der Waals surface area contributed by atoms with Gasteiger partial charge in [-0.3, -0.25) is 4.90 Å². The summed E-state index contributed by atoms with van der Waals surface area (Å²) in [4.78, 5) is 2.28. The highest BCUT2D eigenvalue weighted by atomic mass is 16.5. The normalized spacial score (nSPS) is 17.7. The maximum atomic E-state index is 10.2. The third-order valence-electron chi connectivity index (χ3n) is 3.60. The van der Waals surface area contributed by atoms with Crippen molar-refractivity contribution >= 4 is 0 Å². The second-order valence-corrected chi connectivity index (χ2v) is 4.69. The minimum absolute atomic E-state index is 0.0595. The van der Waals surface area contributed by atoms with Crippen molar-refractivity contribution in [1.29, 1.82) is 5.26 Å². The first kappa shape index (κ1) is 13.7. The number of nitriles is 1. The summed E-state index contributed by atoms with van der Waals surface area (Å²) in [6, 6.07) is 5.46. The number of nitrogens with zero attached hydrogens (tertiary/aromatic N) is 2. The molecule has 2 N–H and O–H groups in total. The quantitative estimate of drug-likeness (QED) is 0.856. The molecule has 1 aromatic rings. The van der Waals surface area contributed by atoms with E-state index in [1.165, 1.54) is 7.11 Å². The summed E-state index contributed by atoms with van der Waals surface area (Å²) in [5, 5.41) is 22.6. The smallest absolute Gasteiger partial charge is 0.162 e. The number of rotatable bonds is 3. The molecule has 0 amide bonds. The number of hydrogen-bond acceptors (Lipinski definition) is 5.